The molecule has 0 aromatic carbocycles. The third-order valence-corrected chi connectivity index (χ3v) is 3.37. The van der Waals surface area contributed by atoms with Gasteiger partial charge >= 0.3 is 0 Å². The molecule has 1 N–H and O–H groups in total. The molecule has 0 aromatic heterocycles. The smallest absolute Gasteiger partial charge is 0.0743 e. The Morgan fingerprint density at radius 1 is 1.20 bits per heavy atom. The predicted octanol–water partition coefficient (Wildman–Crippen LogP) is 3.07. The molecular weight excluding hydrogens is 186 g/mol. The first-order valence-electron chi connectivity index (χ1n) is 6.09. The van der Waals surface area contributed by atoms with Gasteiger partial charge in [0, 0.05) is 19.7 Å². The van der Waals surface area contributed by atoms with E-state index in [1.807, 2.05) is 0 Å². The summed E-state index contributed by atoms with van der Waals surface area (Å²) in [5.41, 5.74) is 0.205. The number of methoxy groups -OCH3 is 1. The van der Waals surface area contributed by atoms with Crippen molar-refractivity contribution in [2.24, 2.45) is 11.3 Å². The minimum Gasteiger partial charge on any atom is -0.380 e. The fourth-order valence-corrected chi connectivity index (χ4v) is 1.59. The van der Waals surface area contributed by atoms with Gasteiger partial charge in [0.2, 0.25) is 0 Å². The van der Waals surface area contributed by atoms with Crippen LogP contribution in [0, 0.1) is 11.3 Å². The molecule has 3 atom stereocenters. The van der Waals surface area contributed by atoms with Crippen molar-refractivity contribution in [3.63, 3.8) is 0 Å². The van der Waals surface area contributed by atoms with E-state index < -0.39 is 0 Å². The molecule has 0 aromatic rings. The third kappa shape index (κ3) is 5.53. The lowest BCUT2D eigenvalue weighted by Crippen LogP contribution is -2.43. The van der Waals surface area contributed by atoms with Gasteiger partial charge in [-0.15, -0.1) is 0 Å². The van der Waals surface area contributed by atoms with Crippen LogP contribution in [0.25, 0.3) is 0 Å². The molecule has 0 bridgehead atoms. The Kier molecular flexibility index (Phi) is 6.46. The first kappa shape index (κ1) is 14.9. The van der Waals surface area contributed by atoms with Gasteiger partial charge in [-0.25, -0.2) is 0 Å². The second-order valence-electron chi connectivity index (χ2n) is 5.67. The van der Waals surface area contributed by atoms with Gasteiger partial charge < -0.3 is 10.1 Å². The summed E-state index contributed by atoms with van der Waals surface area (Å²) in [4.78, 5) is 0. The summed E-state index contributed by atoms with van der Waals surface area (Å²) in [6.45, 7) is 14.4. The van der Waals surface area contributed by atoms with Crippen LogP contribution in [0.2, 0.25) is 0 Å². The normalized spacial score (nSPS) is 18.6. The lowest BCUT2D eigenvalue weighted by molar-refractivity contribution is 0.0149. The molecule has 0 amide bonds. The first-order chi connectivity index (χ1) is 6.82. The molecule has 15 heavy (non-hydrogen) atoms. The highest BCUT2D eigenvalue weighted by atomic mass is 16.5. The molecule has 3 unspecified atom stereocenters. The van der Waals surface area contributed by atoms with Crippen LogP contribution < -0.4 is 5.32 Å². The van der Waals surface area contributed by atoms with E-state index in [1.54, 1.807) is 7.11 Å². The SMILES string of the molecule is CCC(C)C(C)NCC(OC)C(C)(C)C. The molecule has 0 aliphatic heterocycles. The Morgan fingerprint density at radius 2 is 1.73 bits per heavy atom. The molecule has 0 spiro atoms. The van der Waals surface area contributed by atoms with Gasteiger partial charge in [-0.1, -0.05) is 41.0 Å². The van der Waals surface area contributed by atoms with Crippen molar-refractivity contribution < 1.29 is 4.74 Å². The fourth-order valence-electron chi connectivity index (χ4n) is 1.59. The molecule has 0 rings (SSSR count). The summed E-state index contributed by atoms with van der Waals surface area (Å²) in [5.74, 6) is 0.725. The molecule has 0 aliphatic rings. The Hall–Kier alpha value is -0.0800. The highest BCUT2D eigenvalue weighted by molar-refractivity contribution is 4.78. The molecule has 92 valence electrons. The standard InChI is InChI=1S/C13H29NO/c1-8-10(2)11(3)14-9-12(15-7)13(4,5)6/h10-12,14H,8-9H2,1-7H3. The summed E-state index contributed by atoms with van der Waals surface area (Å²) in [7, 11) is 1.80. The molecule has 0 saturated carbocycles. The molecular formula is C13H29NO. The summed E-state index contributed by atoms with van der Waals surface area (Å²) < 4.78 is 5.52. The third-order valence-electron chi connectivity index (χ3n) is 3.37. The maximum Gasteiger partial charge on any atom is 0.0743 e. The van der Waals surface area contributed by atoms with E-state index in [4.69, 9.17) is 4.74 Å². The number of hydrogen-bond donors (Lipinski definition) is 1. The fraction of sp³-hybridized carbons (Fsp3) is 1.00. The Balaban J connectivity index is 4.01. The Labute approximate surface area is 95.8 Å². The lowest BCUT2D eigenvalue weighted by Gasteiger charge is -2.31. The molecule has 0 heterocycles. The predicted molar refractivity (Wildman–Crippen MR) is 67.2 cm³/mol. The van der Waals surface area contributed by atoms with Crippen molar-refractivity contribution in [2.45, 2.75) is 60.1 Å². The van der Waals surface area contributed by atoms with Gasteiger partial charge in [0.25, 0.3) is 0 Å². The van der Waals surface area contributed by atoms with Crippen LogP contribution in [-0.2, 0) is 4.74 Å². The van der Waals surface area contributed by atoms with Crippen LogP contribution in [0.5, 0.6) is 0 Å². The van der Waals surface area contributed by atoms with E-state index in [0.29, 0.717) is 6.04 Å². The number of rotatable bonds is 6. The topological polar surface area (TPSA) is 21.3 Å². The zero-order valence-corrected chi connectivity index (χ0v) is 11.6. The van der Waals surface area contributed by atoms with Crippen molar-refractivity contribution in [3.05, 3.63) is 0 Å². The maximum absolute atomic E-state index is 5.52. The van der Waals surface area contributed by atoms with Crippen LogP contribution in [0.4, 0.5) is 0 Å². The summed E-state index contributed by atoms with van der Waals surface area (Å²) in [6.07, 6.45) is 1.51. The van der Waals surface area contributed by atoms with Crippen molar-refractivity contribution in [3.8, 4) is 0 Å². The van der Waals surface area contributed by atoms with Gasteiger partial charge in [-0.3, -0.25) is 0 Å². The average molecular weight is 215 g/mol. The van der Waals surface area contributed by atoms with Crippen LogP contribution in [0.3, 0.4) is 0 Å². The lowest BCUT2D eigenvalue weighted by atomic mass is 9.88. The first-order valence-corrected chi connectivity index (χ1v) is 6.09. The van der Waals surface area contributed by atoms with E-state index in [1.165, 1.54) is 6.42 Å². The number of nitrogens with one attached hydrogen (secondary N) is 1. The van der Waals surface area contributed by atoms with Crippen molar-refractivity contribution >= 4 is 0 Å². The molecule has 2 nitrogen and oxygen atoms in total. The van der Waals surface area contributed by atoms with Gasteiger partial charge in [0.05, 0.1) is 6.10 Å². The van der Waals surface area contributed by atoms with Crippen molar-refractivity contribution in [1.29, 1.82) is 0 Å². The largest absolute Gasteiger partial charge is 0.380 e. The molecule has 0 fully saturated rings. The van der Waals surface area contributed by atoms with Crippen LogP contribution >= 0.6 is 0 Å². The minimum atomic E-state index is 0.205. The second-order valence-corrected chi connectivity index (χ2v) is 5.67. The maximum atomic E-state index is 5.52. The quantitative estimate of drug-likeness (QED) is 0.735. The Bertz CT molecular complexity index is 162. The highest BCUT2D eigenvalue weighted by Gasteiger charge is 2.24. The van der Waals surface area contributed by atoms with Crippen LogP contribution in [0.1, 0.15) is 48.0 Å². The van der Waals surface area contributed by atoms with Crippen LogP contribution in [0.15, 0.2) is 0 Å². The summed E-state index contributed by atoms with van der Waals surface area (Å²) in [5, 5.41) is 3.57. The minimum absolute atomic E-state index is 0.205. The molecule has 0 radical (unpaired) electrons. The van der Waals surface area contributed by atoms with Gasteiger partial charge in [-0.05, 0) is 18.3 Å². The number of ether oxygens (including phenoxy) is 1. The zero-order chi connectivity index (χ0) is 12.1. The number of hydrogen-bond acceptors (Lipinski definition) is 2. The monoisotopic (exact) mass is 215 g/mol. The zero-order valence-electron chi connectivity index (χ0n) is 11.6. The van der Waals surface area contributed by atoms with Crippen molar-refractivity contribution in [2.75, 3.05) is 13.7 Å². The van der Waals surface area contributed by atoms with E-state index in [2.05, 4.69) is 46.9 Å². The van der Waals surface area contributed by atoms with Gasteiger partial charge in [0.15, 0.2) is 0 Å². The van der Waals surface area contributed by atoms with E-state index in [0.717, 1.165) is 12.5 Å². The average Bonchev–Trinajstić information content (AvgIpc) is 2.15. The molecule has 2 heteroatoms. The summed E-state index contributed by atoms with van der Waals surface area (Å²) in [6, 6.07) is 0.565. The van der Waals surface area contributed by atoms with E-state index in [-0.39, 0.29) is 11.5 Å². The van der Waals surface area contributed by atoms with Gasteiger partial charge in [0.1, 0.15) is 0 Å². The summed E-state index contributed by atoms with van der Waals surface area (Å²) >= 11 is 0. The van der Waals surface area contributed by atoms with Crippen LogP contribution in [-0.4, -0.2) is 25.8 Å². The molecule has 0 saturated heterocycles. The molecule has 0 aliphatic carbocycles. The van der Waals surface area contributed by atoms with Gasteiger partial charge in [-0.2, -0.15) is 0 Å². The Morgan fingerprint density at radius 3 is 2.07 bits per heavy atom. The highest BCUT2D eigenvalue weighted by Crippen LogP contribution is 2.21. The second kappa shape index (κ2) is 6.49. The van der Waals surface area contributed by atoms with E-state index >= 15 is 0 Å². The van der Waals surface area contributed by atoms with Crippen molar-refractivity contribution in [1.82, 2.24) is 5.32 Å². The van der Waals surface area contributed by atoms with E-state index in [9.17, 15) is 0 Å².